The van der Waals surface area contributed by atoms with Gasteiger partial charge < -0.3 is 15.7 Å². The lowest BCUT2D eigenvalue weighted by Crippen LogP contribution is -2.48. The fourth-order valence-electron chi connectivity index (χ4n) is 2.05. The van der Waals surface area contributed by atoms with E-state index in [2.05, 4.69) is 17.6 Å². The van der Waals surface area contributed by atoms with Crippen LogP contribution in [0.3, 0.4) is 0 Å². The fourth-order valence-corrected chi connectivity index (χ4v) is 2.05. The van der Waals surface area contributed by atoms with Crippen molar-refractivity contribution >= 4 is 12.0 Å². The molecule has 1 rings (SSSR count). The monoisotopic (exact) mass is 228 g/mol. The van der Waals surface area contributed by atoms with E-state index in [0.717, 1.165) is 19.3 Å². The van der Waals surface area contributed by atoms with Crippen LogP contribution in [0.15, 0.2) is 0 Å². The lowest BCUT2D eigenvalue weighted by molar-refractivity contribution is -0.138. The zero-order valence-corrected chi connectivity index (χ0v) is 9.82. The number of carboxylic acids is 1. The summed E-state index contributed by atoms with van der Waals surface area (Å²) in [7, 11) is 0. The van der Waals surface area contributed by atoms with Crippen LogP contribution in [0.1, 0.15) is 39.5 Å². The number of nitrogens with one attached hydrogen (secondary N) is 2. The Morgan fingerprint density at radius 3 is 2.62 bits per heavy atom. The van der Waals surface area contributed by atoms with Crippen LogP contribution in [0.2, 0.25) is 0 Å². The van der Waals surface area contributed by atoms with Gasteiger partial charge in [-0.05, 0) is 25.7 Å². The molecule has 2 amide bonds. The van der Waals surface area contributed by atoms with E-state index >= 15 is 0 Å². The highest BCUT2D eigenvalue weighted by molar-refractivity contribution is 5.82. The Balaban J connectivity index is 2.30. The molecule has 16 heavy (non-hydrogen) atoms. The minimum atomic E-state index is -1.02. The Morgan fingerprint density at radius 1 is 1.38 bits per heavy atom. The average molecular weight is 228 g/mol. The zero-order valence-electron chi connectivity index (χ0n) is 9.82. The number of carbonyl (C=O) groups excluding carboxylic acids is 1. The van der Waals surface area contributed by atoms with Crippen LogP contribution in [-0.2, 0) is 4.79 Å². The van der Waals surface area contributed by atoms with Crippen LogP contribution in [0, 0.1) is 5.92 Å². The molecule has 0 saturated heterocycles. The van der Waals surface area contributed by atoms with Crippen molar-refractivity contribution < 1.29 is 14.7 Å². The maximum absolute atomic E-state index is 11.4. The van der Waals surface area contributed by atoms with Gasteiger partial charge in [0, 0.05) is 6.04 Å². The van der Waals surface area contributed by atoms with Gasteiger partial charge in [0.25, 0.3) is 0 Å². The number of carbonyl (C=O) groups is 2. The van der Waals surface area contributed by atoms with E-state index in [4.69, 9.17) is 5.11 Å². The summed E-state index contributed by atoms with van der Waals surface area (Å²) in [6.07, 6.45) is 4.31. The number of rotatable bonds is 3. The summed E-state index contributed by atoms with van der Waals surface area (Å²) in [4.78, 5) is 22.0. The van der Waals surface area contributed by atoms with E-state index in [-0.39, 0.29) is 12.1 Å². The first-order valence-electron chi connectivity index (χ1n) is 5.79. The minimum absolute atomic E-state index is 0.185. The van der Waals surface area contributed by atoms with Crippen molar-refractivity contribution in [2.24, 2.45) is 5.92 Å². The number of hydrogen-bond donors (Lipinski definition) is 3. The van der Waals surface area contributed by atoms with E-state index in [1.165, 1.54) is 13.3 Å². The summed E-state index contributed by atoms with van der Waals surface area (Å²) in [6, 6.07) is -1.04. The molecule has 1 aliphatic rings. The molecule has 1 aliphatic carbocycles. The molecule has 5 heteroatoms. The molecule has 0 aromatic heterocycles. The predicted molar refractivity (Wildman–Crippen MR) is 60.2 cm³/mol. The van der Waals surface area contributed by atoms with Crippen LogP contribution >= 0.6 is 0 Å². The topological polar surface area (TPSA) is 78.4 Å². The summed E-state index contributed by atoms with van der Waals surface area (Å²) < 4.78 is 0. The fraction of sp³-hybridized carbons (Fsp3) is 0.818. The molecule has 0 heterocycles. The third-order valence-electron chi connectivity index (χ3n) is 2.99. The van der Waals surface area contributed by atoms with E-state index in [1.807, 2.05) is 0 Å². The minimum Gasteiger partial charge on any atom is -0.480 e. The lowest BCUT2D eigenvalue weighted by atomic mass is 9.87. The average Bonchev–Trinajstić information content (AvgIpc) is 2.16. The Morgan fingerprint density at radius 2 is 2.06 bits per heavy atom. The normalized spacial score (nSPS) is 26.9. The highest BCUT2D eigenvalue weighted by atomic mass is 16.4. The zero-order chi connectivity index (χ0) is 12.1. The Kier molecular flexibility index (Phi) is 4.58. The second kappa shape index (κ2) is 5.72. The van der Waals surface area contributed by atoms with Crippen LogP contribution in [-0.4, -0.2) is 29.2 Å². The molecule has 0 aromatic carbocycles. The van der Waals surface area contributed by atoms with E-state index in [0.29, 0.717) is 5.92 Å². The number of aliphatic carboxylic acids is 1. The number of amides is 2. The highest BCUT2D eigenvalue weighted by Crippen LogP contribution is 2.23. The van der Waals surface area contributed by atoms with Gasteiger partial charge in [0.15, 0.2) is 0 Å². The smallest absolute Gasteiger partial charge is 0.325 e. The SMILES string of the molecule is CC1CCCC(NC(=O)NC(C)C(=O)O)C1. The van der Waals surface area contributed by atoms with Gasteiger partial charge in [-0.1, -0.05) is 19.8 Å². The summed E-state index contributed by atoms with van der Waals surface area (Å²) in [5.74, 6) is -0.386. The van der Waals surface area contributed by atoms with Crippen LogP contribution in [0.25, 0.3) is 0 Å². The van der Waals surface area contributed by atoms with Gasteiger partial charge in [0.2, 0.25) is 0 Å². The third-order valence-corrected chi connectivity index (χ3v) is 2.99. The number of urea groups is 1. The van der Waals surface area contributed by atoms with Gasteiger partial charge in [0.1, 0.15) is 6.04 Å². The van der Waals surface area contributed by atoms with Gasteiger partial charge in [-0.2, -0.15) is 0 Å². The van der Waals surface area contributed by atoms with E-state index < -0.39 is 12.0 Å². The Bertz CT molecular complexity index is 268. The molecule has 3 atom stereocenters. The van der Waals surface area contributed by atoms with Crippen LogP contribution in [0.4, 0.5) is 4.79 Å². The maximum Gasteiger partial charge on any atom is 0.325 e. The van der Waals surface area contributed by atoms with Gasteiger partial charge in [-0.3, -0.25) is 4.79 Å². The molecule has 92 valence electrons. The van der Waals surface area contributed by atoms with Crippen molar-refractivity contribution in [3.05, 3.63) is 0 Å². The second-order valence-electron chi connectivity index (χ2n) is 4.65. The first-order valence-corrected chi connectivity index (χ1v) is 5.79. The largest absolute Gasteiger partial charge is 0.480 e. The number of hydrogen-bond acceptors (Lipinski definition) is 2. The lowest BCUT2D eigenvalue weighted by Gasteiger charge is -2.27. The summed E-state index contributed by atoms with van der Waals surface area (Å²) in [6.45, 7) is 3.62. The molecule has 0 aromatic rings. The molecule has 0 aliphatic heterocycles. The molecular weight excluding hydrogens is 208 g/mol. The molecule has 3 unspecified atom stereocenters. The second-order valence-corrected chi connectivity index (χ2v) is 4.65. The van der Waals surface area contributed by atoms with Gasteiger partial charge in [0.05, 0.1) is 0 Å². The van der Waals surface area contributed by atoms with Crippen molar-refractivity contribution in [2.75, 3.05) is 0 Å². The molecule has 1 saturated carbocycles. The molecular formula is C11H20N2O3. The highest BCUT2D eigenvalue weighted by Gasteiger charge is 2.21. The van der Waals surface area contributed by atoms with Gasteiger partial charge >= 0.3 is 12.0 Å². The van der Waals surface area contributed by atoms with E-state index in [1.54, 1.807) is 0 Å². The Labute approximate surface area is 95.6 Å². The molecule has 0 radical (unpaired) electrons. The van der Waals surface area contributed by atoms with Crippen molar-refractivity contribution in [1.29, 1.82) is 0 Å². The predicted octanol–water partition coefficient (Wildman–Crippen LogP) is 1.34. The number of carboxylic acid groups (broad SMARTS) is 1. The van der Waals surface area contributed by atoms with Crippen molar-refractivity contribution in [1.82, 2.24) is 10.6 Å². The summed E-state index contributed by atoms with van der Waals surface area (Å²) in [5.41, 5.74) is 0. The summed E-state index contributed by atoms with van der Waals surface area (Å²) >= 11 is 0. The first kappa shape index (κ1) is 12.8. The quantitative estimate of drug-likeness (QED) is 0.682. The van der Waals surface area contributed by atoms with E-state index in [9.17, 15) is 9.59 Å². The third kappa shape index (κ3) is 4.08. The molecule has 3 N–H and O–H groups in total. The van der Waals surface area contributed by atoms with Gasteiger partial charge in [-0.15, -0.1) is 0 Å². The van der Waals surface area contributed by atoms with Crippen molar-refractivity contribution in [3.63, 3.8) is 0 Å². The van der Waals surface area contributed by atoms with Crippen LogP contribution < -0.4 is 10.6 Å². The van der Waals surface area contributed by atoms with Crippen LogP contribution in [0.5, 0.6) is 0 Å². The standard InChI is InChI=1S/C11H20N2O3/c1-7-4-3-5-9(6-7)13-11(16)12-8(2)10(14)15/h7-9H,3-6H2,1-2H3,(H,14,15)(H2,12,13,16). The molecule has 5 nitrogen and oxygen atoms in total. The van der Waals surface area contributed by atoms with Gasteiger partial charge in [-0.25, -0.2) is 4.79 Å². The molecule has 1 fully saturated rings. The molecule has 0 spiro atoms. The Hall–Kier alpha value is -1.26. The first-order chi connectivity index (χ1) is 7.49. The maximum atomic E-state index is 11.4. The van der Waals surface area contributed by atoms with Crippen molar-refractivity contribution in [2.45, 2.75) is 51.6 Å². The molecule has 0 bridgehead atoms. The van der Waals surface area contributed by atoms with Crippen molar-refractivity contribution in [3.8, 4) is 0 Å². The summed E-state index contributed by atoms with van der Waals surface area (Å²) in [5, 5.41) is 13.8.